The average Bonchev–Trinajstić information content (AvgIpc) is 2.33. The summed E-state index contributed by atoms with van der Waals surface area (Å²) in [5.41, 5.74) is 15.2. The van der Waals surface area contributed by atoms with Crippen molar-refractivity contribution in [3.63, 3.8) is 0 Å². The predicted molar refractivity (Wildman–Crippen MR) is 70.7 cm³/mol. The third-order valence-corrected chi connectivity index (χ3v) is 2.08. The van der Waals surface area contributed by atoms with Crippen LogP contribution in [0.15, 0.2) is 0 Å². The molecular weight excluding hydrogens is 254 g/mol. The van der Waals surface area contributed by atoms with Crippen LogP contribution in [0.1, 0.15) is 26.2 Å². The van der Waals surface area contributed by atoms with Gasteiger partial charge in [-0.25, -0.2) is 0 Å². The molecule has 0 saturated carbocycles. The minimum atomic E-state index is -1.00. The van der Waals surface area contributed by atoms with E-state index in [0.29, 0.717) is 25.8 Å². The number of guanidine groups is 1. The van der Waals surface area contributed by atoms with E-state index < -0.39 is 24.0 Å². The van der Waals surface area contributed by atoms with Crippen LogP contribution in [0.3, 0.4) is 0 Å². The van der Waals surface area contributed by atoms with Crippen molar-refractivity contribution in [1.29, 1.82) is 5.41 Å². The van der Waals surface area contributed by atoms with Crippen LogP contribution < -0.4 is 22.5 Å². The summed E-state index contributed by atoms with van der Waals surface area (Å²) in [7, 11) is 0. The highest BCUT2D eigenvalue weighted by Crippen LogP contribution is 1.92. The van der Waals surface area contributed by atoms with Gasteiger partial charge in [0.15, 0.2) is 5.96 Å². The number of carbonyl (C=O) groups is 2. The zero-order valence-corrected chi connectivity index (χ0v) is 10.9. The van der Waals surface area contributed by atoms with Gasteiger partial charge in [-0.2, -0.15) is 0 Å². The fourth-order valence-electron chi connectivity index (χ4n) is 0.843. The van der Waals surface area contributed by atoms with Crippen molar-refractivity contribution in [3.05, 3.63) is 0 Å². The van der Waals surface area contributed by atoms with E-state index in [4.69, 9.17) is 32.8 Å². The van der Waals surface area contributed by atoms with E-state index in [-0.39, 0.29) is 5.96 Å². The fourth-order valence-corrected chi connectivity index (χ4v) is 0.843. The molecule has 0 aromatic rings. The van der Waals surface area contributed by atoms with Crippen LogP contribution in [-0.4, -0.2) is 46.7 Å². The van der Waals surface area contributed by atoms with E-state index in [1.807, 2.05) is 0 Å². The number of nitrogens with two attached hydrogens (primary N) is 3. The van der Waals surface area contributed by atoms with Gasteiger partial charge in [0.05, 0.1) is 0 Å². The summed E-state index contributed by atoms with van der Waals surface area (Å²) < 4.78 is 0. The molecule has 2 atom stereocenters. The third-order valence-electron chi connectivity index (χ3n) is 2.08. The minimum absolute atomic E-state index is 0.112. The average molecular weight is 277 g/mol. The largest absolute Gasteiger partial charge is 0.480 e. The highest BCUT2D eigenvalue weighted by molar-refractivity contribution is 5.74. The van der Waals surface area contributed by atoms with Crippen molar-refractivity contribution in [2.45, 2.75) is 38.3 Å². The van der Waals surface area contributed by atoms with Gasteiger partial charge >= 0.3 is 11.9 Å². The summed E-state index contributed by atoms with van der Waals surface area (Å²) in [5, 5.41) is 25.8. The molecule has 0 rings (SSSR count). The number of carboxylic acid groups (broad SMARTS) is 2. The van der Waals surface area contributed by atoms with Crippen LogP contribution in [0.2, 0.25) is 0 Å². The maximum atomic E-state index is 10.2. The maximum absolute atomic E-state index is 10.2. The Morgan fingerprint density at radius 2 is 1.68 bits per heavy atom. The summed E-state index contributed by atoms with van der Waals surface area (Å²) >= 11 is 0. The normalized spacial score (nSPS) is 12.6. The molecule has 0 aromatic carbocycles. The lowest BCUT2D eigenvalue weighted by atomic mass is 10.2. The van der Waals surface area contributed by atoms with Crippen LogP contribution in [-0.2, 0) is 9.59 Å². The number of hydrogen-bond acceptors (Lipinski definition) is 5. The predicted octanol–water partition coefficient (Wildman–Crippen LogP) is -1.53. The molecule has 0 spiro atoms. The van der Waals surface area contributed by atoms with Crippen LogP contribution in [0.25, 0.3) is 0 Å². The highest BCUT2D eigenvalue weighted by Gasteiger charge is 2.09. The maximum Gasteiger partial charge on any atom is 0.320 e. The van der Waals surface area contributed by atoms with Crippen LogP contribution in [0.5, 0.6) is 0 Å². The van der Waals surface area contributed by atoms with E-state index in [1.165, 1.54) is 0 Å². The fraction of sp³-hybridized carbons (Fsp3) is 0.700. The Bertz CT molecular complexity index is 298. The second-order valence-electron chi connectivity index (χ2n) is 3.78. The van der Waals surface area contributed by atoms with Gasteiger partial charge in [0, 0.05) is 6.54 Å². The third kappa shape index (κ3) is 14.1. The van der Waals surface area contributed by atoms with Gasteiger partial charge in [-0.1, -0.05) is 6.92 Å². The Morgan fingerprint density at radius 3 is 1.95 bits per heavy atom. The number of rotatable bonds is 7. The van der Waals surface area contributed by atoms with E-state index in [1.54, 1.807) is 6.92 Å². The molecule has 0 aliphatic carbocycles. The van der Waals surface area contributed by atoms with Crippen molar-refractivity contribution >= 4 is 17.9 Å². The Labute approximate surface area is 111 Å². The van der Waals surface area contributed by atoms with E-state index in [2.05, 4.69) is 5.32 Å². The Balaban J connectivity index is 0. The van der Waals surface area contributed by atoms with Crippen molar-refractivity contribution in [1.82, 2.24) is 5.32 Å². The van der Waals surface area contributed by atoms with Gasteiger partial charge in [0.2, 0.25) is 0 Å². The quantitative estimate of drug-likeness (QED) is 0.166. The molecule has 0 radical (unpaired) electrons. The van der Waals surface area contributed by atoms with Crippen LogP contribution in [0.4, 0.5) is 0 Å². The SMILES string of the molecule is CCC(N)C(=O)O.N=C(N)NCCC[C@H](N)C(=O)O. The van der Waals surface area contributed by atoms with Crippen molar-refractivity contribution < 1.29 is 19.8 Å². The zero-order valence-electron chi connectivity index (χ0n) is 10.9. The van der Waals surface area contributed by atoms with Crippen molar-refractivity contribution in [2.75, 3.05) is 6.54 Å². The molecule has 0 heterocycles. The number of hydrogen-bond donors (Lipinski definition) is 7. The smallest absolute Gasteiger partial charge is 0.320 e. The first-order valence-corrected chi connectivity index (χ1v) is 5.77. The number of nitrogens with one attached hydrogen (secondary N) is 2. The van der Waals surface area contributed by atoms with Crippen molar-refractivity contribution in [2.24, 2.45) is 17.2 Å². The molecule has 112 valence electrons. The second-order valence-corrected chi connectivity index (χ2v) is 3.78. The molecule has 9 heteroatoms. The highest BCUT2D eigenvalue weighted by atomic mass is 16.4. The zero-order chi connectivity index (χ0) is 15.4. The lowest BCUT2D eigenvalue weighted by Gasteiger charge is -2.06. The molecule has 0 aromatic heterocycles. The molecule has 0 bridgehead atoms. The molecule has 0 aliphatic heterocycles. The van der Waals surface area contributed by atoms with Gasteiger partial charge in [-0.3, -0.25) is 15.0 Å². The van der Waals surface area contributed by atoms with Gasteiger partial charge in [-0.05, 0) is 19.3 Å². The summed E-state index contributed by atoms with van der Waals surface area (Å²) in [6, 6.07) is -1.50. The number of carboxylic acids is 2. The lowest BCUT2D eigenvalue weighted by Crippen LogP contribution is -2.34. The summed E-state index contributed by atoms with van der Waals surface area (Å²) in [6.07, 6.45) is 1.47. The van der Waals surface area contributed by atoms with E-state index in [0.717, 1.165) is 0 Å². The van der Waals surface area contributed by atoms with E-state index >= 15 is 0 Å². The lowest BCUT2D eigenvalue weighted by molar-refractivity contribution is -0.139. The summed E-state index contributed by atoms with van der Waals surface area (Å²) in [6.45, 7) is 2.22. The molecule has 10 N–H and O–H groups in total. The van der Waals surface area contributed by atoms with Crippen LogP contribution in [0, 0.1) is 5.41 Å². The van der Waals surface area contributed by atoms with E-state index in [9.17, 15) is 9.59 Å². The standard InChI is InChI=1S/C6H14N4O2.C4H9NO2/c7-4(5(11)12)2-1-3-10-6(8)9;1-2-3(5)4(6)7/h4H,1-3,7H2,(H,11,12)(H4,8,9,10);3H,2,5H2,1H3,(H,6,7)/t4-;/m0./s1. The topological polar surface area (TPSA) is 189 Å². The Hall–Kier alpha value is -1.87. The molecule has 9 nitrogen and oxygen atoms in total. The molecule has 0 aliphatic rings. The monoisotopic (exact) mass is 277 g/mol. The first-order valence-electron chi connectivity index (χ1n) is 5.77. The second kappa shape index (κ2) is 11.2. The number of aliphatic carboxylic acids is 2. The molecular formula is C10H23N5O4. The first-order chi connectivity index (χ1) is 8.72. The van der Waals surface area contributed by atoms with Crippen LogP contribution >= 0.6 is 0 Å². The minimum Gasteiger partial charge on any atom is -0.480 e. The van der Waals surface area contributed by atoms with Gasteiger partial charge in [0.1, 0.15) is 12.1 Å². The van der Waals surface area contributed by atoms with Crippen molar-refractivity contribution in [3.8, 4) is 0 Å². The molecule has 0 saturated heterocycles. The molecule has 0 amide bonds. The first kappa shape index (κ1) is 19.5. The van der Waals surface area contributed by atoms with Gasteiger partial charge in [-0.15, -0.1) is 0 Å². The Kier molecular flexibility index (Phi) is 11.5. The Morgan fingerprint density at radius 1 is 1.21 bits per heavy atom. The van der Waals surface area contributed by atoms with Gasteiger partial charge < -0.3 is 32.7 Å². The van der Waals surface area contributed by atoms with Gasteiger partial charge in [0.25, 0.3) is 0 Å². The summed E-state index contributed by atoms with van der Waals surface area (Å²) in [5.74, 6) is -2.04. The molecule has 0 fully saturated rings. The molecule has 19 heavy (non-hydrogen) atoms. The summed E-state index contributed by atoms with van der Waals surface area (Å²) in [4.78, 5) is 20.0. The molecule has 1 unspecified atom stereocenters.